The molecule has 34 heavy (non-hydrogen) atoms. The quantitative estimate of drug-likeness (QED) is 0.576. The van der Waals surface area contributed by atoms with Crippen LogP contribution in [0, 0.1) is 6.92 Å². The van der Waals surface area contributed by atoms with Gasteiger partial charge >= 0.3 is 12.4 Å². The molecule has 1 aliphatic rings. The molecule has 1 saturated carbocycles. The molecule has 0 aliphatic heterocycles. The van der Waals surface area contributed by atoms with E-state index in [0.717, 1.165) is 5.82 Å². The first kappa shape index (κ1) is 25.6. The average Bonchev–Trinajstić information content (AvgIpc) is 2.73. The number of anilines is 2. The summed E-state index contributed by atoms with van der Waals surface area (Å²) in [5, 5.41) is 5.91. The molecule has 0 unspecified atom stereocenters. The lowest BCUT2D eigenvalue weighted by Crippen LogP contribution is -2.40. The monoisotopic (exact) mass is 489 g/mol. The van der Waals surface area contributed by atoms with Crippen LogP contribution in [0.3, 0.4) is 0 Å². The van der Waals surface area contributed by atoms with Crippen LogP contribution in [0.1, 0.15) is 53.0 Å². The summed E-state index contributed by atoms with van der Waals surface area (Å²) in [5.41, 5.74) is -3.70. The number of carbonyl (C=O) groups is 1. The van der Waals surface area contributed by atoms with Crippen LogP contribution in [0.15, 0.2) is 24.3 Å². The predicted molar refractivity (Wildman–Crippen MR) is 115 cm³/mol. The van der Waals surface area contributed by atoms with Crippen molar-refractivity contribution >= 4 is 17.5 Å². The van der Waals surface area contributed by atoms with E-state index < -0.39 is 35.0 Å². The number of rotatable bonds is 5. The smallest absolute Gasteiger partial charge is 0.367 e. The fraction of sp³-hybridized carbons (Fsp3) is 0.500. The molecule has 2 N–H and O–H groups in total. The van der Waals surface area contributed by atoms with Crippen LogP contribution in [-0.4, -0.2) is 42.1 Å². The van der Waals surface area contributed by atoms with Crippen LogP contribution in [-0.2, 0) is 12.4 Å². The largest absolute Gasteiger partial charge is 0.416 e. The third-order valence-electron chi connectivity index (χ3n) is 5.55. The number of hydrogen-bond donors (Lipinski definition) is 2. The van der Waals surface area contributed by atoms with Gasteiger partial charge in [-0.25, -0.2) is 9.97 Å². The molecule has 0 bridgehead atoms. The highest BCUT2D eigenvalue weighted by Crippen LogP contribution is 2.36. The van der Waals surface area contributed by atoms with Crippen molar-refractivity contribution in [2.75, 3.05) is 24.3 Å². The molecule has 1 aliphatic carbocycles. The van der Waals surface area contributed by atoms with Gasteiger partial charge in [0.15, 0.2) is 0 Å². The first-order chi connectivity index (χ1) is 15.7. The van der Waals surface area contributed by atoms with Crippen molar-refractivity contribution in [3.8, 4) is 0 Å². The van der Waals surface area contributed by atoms with Gasteiger partial charge in [0.05, 0.1) is 11.1 Å². The predicted octanol–water partition coefficient (Wildman–Crippen LogP) is 5.04. The number of aromatic nitrogens is 2. The van der Waals surface area contributed by atoms with Gasteiger partial charge < -0.3 is 15.5 Å². The van der Waals surface area contributed by atoms with Crippen LogP contribution in [0.25, 0.3) is 0 Å². The fourth-order valence-corrected chi connectivity index (χ4v) is 3.80. The van der Waals surface area contributed by atoms with Gasteiger partial charge in [0.1, 0.15) is 17.5 Å². The molecule has 1 heterocycles. The van der Waals surface area contributed by atoms with Crippen molar-refractivity contribution in [2.45, 2.75) is 57.0 Å². The Morgan fingerprint density at radius 1 is 0.882 bits per heavy atom. The maximum atomic E-state index is 13.1. The summed E-state index contributed by atoms with van der Waals surface area (Å²) >= 11 is 0. The minimum Gasteiger partial charge on any atom is -0.367 e. The number of nitrogens with zero attached hydrogens (tertiary/aromatic N) is 3. The highest BCUT2D eigenvalue weighted by molar-refractivity contribution is 5.94. The Bertz CT molecular complexity index is 997. The molecule has 1 aromatic heterocycles. The van der Waals surface area contributed by atoms with E-state index in [1.54, 1.807) is 6.92 Å². The molecule has 0 spiro atoms. The molecular weight excluding hydrogens is 464 g/mol. The normalized spacial score (nSPS) is 19.0. The van der Waals surface area contributed by atoms with Crippen LogP contribution in [0.4, 0.5) is 38.0 Å². The summed E-state index contributed by atoms with van der Waals surface area (Å²) in [4.78, 5) is 23.1. The van der Waals surface area contributed by atoms with Crippen molar-refractivity contribution in [3.05, 3.63) is 46.8 Å². The summed E-state index contributed by atoms with van der Waals surface area (Å²) in [6.07, 6.45) is -7.71. The number of aryl methyl sites for hydroxylation is 1. The van der Waals surface area contributed by atoms with Crippen molar-refractivity contribution in [1.29, 1.82) is 0 Å². The van der Waals surface area contributed by atoms with Crippen molar-refractivity contribution in [2.24, 2.45) is 0 Å². The molecule has 6 nitrogen and oxygen atoms in total. The summed E-state index contributed by atoms with van der Waals surface area (Å²) < 4.78 is 78.3. The van der Waals surface area contributed by atoms with E-state index in [4.69, 9.17) is 0 Å². The Morgan fingerprint density at radius 2 is 1.41 bits per heavy atom. The van der Waals surface area contributed by atoms with Gasteiger partial charge in [-0.2, -0.15) is 26.3 Å². The lowest BCUT2D eigenvalue weighted by molar-refractivity contribution is -0.143. The van der Waals surface area contributed by atoms with E-state index in [0.29, 0.717) is 49.5 Å². The zero-order valence-corrected chi connectivity index (χ0v) is 18.8. The first-order valence-corrected chi connectivity index (χ1v) is 10.6. The highest BCUT2D eigenvalue weighted by Gasteiger charge is 2.37. The van der Waals surface area contributed by atoms with Crippen LogP contribution >= 0.6 is 0 Å². The molecular formula is C22H25F6N5O. The van der Waals surface area contributed by atoms with Gasteiger partial charge in [-0.15, -0.1) is 0 Å². The van der Waals surface area contributed by atoms with E-state index in [-0.39, 0.29) is 18.2 Å². The average molecular weight is 489 g/mol. The molecule has 0 radical (unpaired) electrons. The molecule has 3 rings (SSSR count). The number of benzene rings is 1. The Balaban J connectivity index is 1.64. The lowest BCUT2D eigenvalue weighted by Gasteiger charge is -2.30. The van der Waals surface area contributed by atoms with Gasteiger partial charge in [0.2, 0.25) is 0 Å². The van der Waals surface area contributed by atoms with Crippen LogP contribution in [0.5, 0.6) is 0 Å². The third-order valence-corrected chi connectivity index (χ3v) is 5.55. The molecule has 1 aromatic carbocycles. The molecule has 12 heteroatoms. The minimum atomic E-state index is -5.01. The van der Waals surface area contributed by atoms with E-state index >= 15 is 0 Å². The van der Waals surface area contributed by atoms with E-state index in [2.05, 4.69) is 20.6 Å². The number of halogens is 6. The minimum absolute atomic E-state index is 0.00419. The SMILES string of the molecule is Cc1nc(N[C@H]2CC[C@@H](NC(=O)c3cc(C(F)(F)F)cc(C(F)(F)F)c3)CC2)cc(N(C)C)n1. The summed E-state index contributed by atoms with van der Waals surface area (Å²) in [5.74, 6) is 1.05. The van der Waals surface area contributed by atoms with Crippen molar-refractivity contribution in [1.82, 2.24) is 15.3 Å². The van der Waals surface area contributed by atoms with E-state index in [9.17, 15) is 31.1 Å². The van der Waals surface area contributed by atoms with Gasteiger partial charge in [-0.05, 0) is 50.8 Å². The van der Waals surface area contributed by atoms with E-state index in [1.807, 2.05) is 25.1 Å². The second-order valence-electron chi connectivity index (χ2n) is 8.51. The molecule has 0 atom stereocenters. The van der Waals surface area contributed by atoms with Crippen LogP contribution in [0.2, 0.25) is 0 Å². The second-order valence-corrected chi connectivity index (χ2v) is 8.51. The van der Waals surface area contributed by atoms with Crippen molar-refractivity contribution in [3.63, 3.8) is 0 Å². The maximum absolute atomic E-state index is 13.1. The van der Waals surface area contributed by atoms with Gasteiger partial charge in [0, 0.05) is 37.8 Å². The Morgan fingerprint density at radius 3 is 1.91 bits per heavy atom. The van der Waals surface area contributed by atoms with E-state index in [1.165, 1.54) is 0 Å². The summed E-state index contributed by atoms with van der Waals surface area (Å²) in [7, 11) is 3.73. The van der Waals surface area contributed by atoms with Gasteiger partial charge in [0.25, 0.3) is 5.91 Å². The number of carbonyl (C=O) groups excluding carboxylic acids is 1. The number of alkyl halides is 6. The second kappa shape index (κ2) is 9.67. The number of amides is 1. The van der Waals surface area contributed by atoms with Gasteiger partial charge in [-0.1, -0.05) is 0 Å². The Hall–Kier alpha value is -3.05. The Kier molecular flexibility index (Phi) is 7.27. The summed E-state index contributed by atoms with van der Waals surface area (Å²) in [6, 6.07) is 2.40. The zero-order valence-electron chi connectivity index (χ0n) is 18.8. The standard InChI is InChI=1S/C22H25F6N5O/c1-12-29-18(11-19(30-12)33(2)3)31-16-4-6-17(7-5-16)32-20(34)13-8-14(21(23,24)25)10-15(9-13)22(26,27)28/h8-11,16-17H,4-7H2,1-3H3,(H,32,34)(H,29,30,31)/t16-,17+. The summed E-state index contributed by atoms with van der Waals surface area (Å²) in [6.45, 7) is 1.78. The van der Waals surface area contributed by atoms with Gasteiger partial charge in [-0.3, -0.25) is 4.79 Å². The topological polar surface area (TPSA) is 70.2 Å². The zero-order chi connectivity index (χ0) is 25.3. The number of hydrogen-bond acceptors (Lipinski definition) is 5. The third kappa shape index (κ3) is 6.51. The van der Waals surface area contributed by atoms with Crippen LogP contribution < -0.4 is 15.5 Å². The molecule has 2 aromatic rings. The number of nitrogens with one attached hydrogen (secondary N) is 2. The molecule has 186 valence electrons. The lowest BCUT2D eigenvalue weighted by atomic mass is 9.91. The first-order valence-electron chi connectivity index (χ1n) is 10.6. The highest BCUT2D eigenvalue weighted by atomic mass is 19.4. The molecule has 0 saturated heterocycles. The van der Waals surface area contributed by atoms with Crippen molar-refractivity contribution < 1.29 is 31.1 Å². The molecule has 1 fully saturated rings. The molecule has 1 amide bonds. The fourth-order valence-electron chi connectivity index (χ4n) is 3.80. The Labute approximate surface area is 192 Å². The maximum Gasteiger partial charge on any atom is 0.416 e.